The molecular formula is C14H17N3O2S. The van der Waals surface area contributed by atoms with E-state index in [9.17, 15) is 9.59 Å². The molecule has 0 radical (unpaired) electrons. The maximum absolute atomic E-state index is 11.8. The number of carbonyl (C=O) groups is 2. The van der Waals surface area contributed by atoms with E-state index in [1.807, 2.05) is 6.07 Å². The van der Waals surface area contributed by atoms with Crippen molar-refractivity contribution >= 4 is 29.1 Å². The maximum atomic E-state index is 11.8. The fraction of sp³-hybridized carbons (Fsp3) is 0.357. The van der Waals surface area contributed by atoms with Crippen LogP contribution in [0.5, 0.6) is 0 Å². The third kappa shape index (κ3) is 4.03. The number of rotatable bonds is 2. The number of benzene rings is 1. The molecule has 1 aliphatic rings. The fourth-order valence-corrected chi connectivity index (χ4v) is 2.36. The summed E-state index contributed by atoms with van der Waals surface area (Å²) in [6, 6.07) is 8.76. The molecule has 2 rings (SSSR count). The molecule has 0 aromatic heterocycles. The van der Waals surface area contributed by atoms with E-state index in [-0.39, 0.29) is 22.8 Å². The molecule has 6 heteroatoms. The minimum atomic E-state index is -0.303. The summed E-state index contributed by atoms with van der Waals surface area (Å²) in [5, 5.41) is 2.71. The van der Waals surface area contributed by atoms with Crippen molar-refractivity contribution in [3.8, 4) is 0 Å². The van der Waals surface area contributed by atoms with Gasteiger partial charge in [-0.2, -0.15) is 0 Å². The van der Waals surface area contributed by atoms with Crippen LogP contribution in [0.25, 0.3) is 0 Å². The lowest BCUT2D eigenvalue weighted by molar-refractivity contribution is -0.123. The predicted octanol–water partition coefficient (Wildman–Crippen LogP) is 1.51. The molecule has 1 aromatic carbocycles. The van der Waals surface area contributed by atoms with Crippen LogP contribution in [0, 0.1) is 5.92 Å². The van der Waals surface area contributed by atoms with Crippen LogP contribution in [0.4, 0.5) is 0 Å². The van der Waals surface area contributed by atoms with Gasteiger partial charge in [-0.25, -0.2) is 0 Å². The second kappa shape index (κ2) is 7.00. The molecular weight excluding hydrogens is 274 g/mol. The normalized spacial score (nSPS) is 14.6. The average Bonchev–Trinajstić information content (AvgIpc) is 3.00. The van der Waals surface area contributed by atoms with Gasteiger partial charge < -0.3 is 5.32 Å². The number of thiocarbonyl (C=S) groups is 1. The van der Waals surface area contributed by atoms with Crippen molar-refractivity contribution in [2.24, 2.45) is 5.92 Å². The summed E-state index contributed by atoms with van der Waals surface area (Å²) in [4.78, 5) is 23.6. The summed E-state index contributed by atoms with van der Waals surface area (Å²) in [7, 11) is 0. The molecule has 1 aromatic rings. The molecule has 1 fully saturated rings. The van der Waals surface area contributed by atoms with Crippen LogP contribution < -0.4 is 16.2 Å². The Hall–Kier alpha value is -1.95. The standard InChI is InChI=1S/C14H17N3O2S/c18-12(10-8-4-5-9-10)15-14(20)17-16-13(19)11-6-2-1-3-7-11/h1-3,6-7,10H,4-5,8-9H2,(H,16,19)(H2,15,17,18,20). The topological polar surface area (TPSA) is 70.2 Å². The van der Waals surface area contributed by atoms with Crippen molar-refractivity contribution in [3.63, 3.8) is 0 Å². The molecule has 0 saturated heterocycles. The molecule has 0 atom stereocenters. The summed E-state index contributed by atoms with van der Waals surface area (Å²) < 4.78 is 0. The number of carbonyl (C=O) groups excluding carboxylic acids is 2. The van der Waals surface area contributed by atoms with E-state index in [0.717, 1.165) is 25.7 Å². The number of amides is 2. The van der Waals surface area contributed by atoms with Gasteiger partial charge in [0.25, 0.3) is 5.91 Å². The van der Waals surface area contributed by atoms with Gasteiger partial charge in [-0.1, -0.05) is 31.0 Å². The highest BCUT2D eigenvalue weighted by Gasteiger charge is 2.23. The first-order valence-electron chi connectivity index (χ1n) is 6.63. The zero-order chi connectivity index (χ0) is 14.4. The first-order chi connectivity index (χ1) is 9.66. The third-order valence-corrected chi connectivity index (χ3v) is 3.49. The van der Waals surface area contributed by atoms with E-state index in [1.54, 1.807) is 24.3 Å². The van der Waals surface area contributed by atoms with E-state index >= 15 is 0 Å². The SMILES string of the molecule is O=C(NNC(=S)NC(=O)C1CCCC1)c1ccccc1. The van der Waals surface area contributed by atoms with Gasteiger partial charge in [-0.3, -0.25) is 20.4 Å². The van der Waals surface area contributed by atoms with Gasteiger partial charge in [-0.15, -0.1) is 0 Å². The first-order valence-corrected chi connectivity index (χ1v) is 7.04. The quantitative estimate of drug-likeness (QED) is 0.570. The van der Waals surface area contributed by atoms with Crippen LogP contribution in [-0.4, -0.2) is 16.9 Å². The van der Waals surface area contributed by atoms with Gasteiger partial charge in [0.05, 0.1) is 0 Å². The summed E-state index contributed by atoms with van der Waals surface area (Å²) in [6.45, 7) is 0. The Morgan fingerprint density at radius 2 is 1.70 bits per heavy atom. The van der Waals surface area contributed by atoms with Gasteiger partial charge in [0.2, 0.25) is 5.91 Å². The van der Waals surface area contributed by atoms with Crippen LogP contribution in [-0.2, 0) is 4.79 Å². The number of nitrogens with one attached hydrogen (secondary N) is 3. The van der Waals surface area contributed by atoms with Crippen LogP contribution in [0.1, 0.15) is 36.0 Å². The minimum absolute atomic E-state index is 0.0413. The zero-order valence-electron chi connectivity index (χ0n) is 11.0. The van der Waals surface area contributed by atoms with Crippen LogP contribution in [0.3, 0.4) is 0 Å². The van der Waals surface area contributed by atoms with Gasteiger partial charge in [0.15, 0.2) is 5.11 Å². The van der Waals surface area contributed by atoms with Gasteiger partial charge in [0, 0.05) is 11.5 Å². The van der Waals surface area contributed by atoms with E-state index in [1.165, 1.54) is 0 Å². The van der Waals surface area contributed by atoms with Crippen molar-refractivity contribution in [2.75, 3.05) is 0 Å². The molecule has 0 bridgehead atoms. The smallest absolute Gasteiger partial charge is 0.269 e. The predicted molar refractivity (Wildman–Crippen MR) is 79.7 cm³/mol. The Bertz CT molecular complexity index is 498. The van der Waals surface area contributed by atoms with Crippen LogP contribution >= 0.6 is 12.2 Å². The highest BCUT2D eigenvalue weighted by molar-refractivity contribution is 7.80. The van der Waals surface area contributed by atoms with E-state index in [4.69, 9.17) is 12.2 Å². The van der Waals surface area contributed by atoms with Crippen molar-refractivity contribution in [1.82, 2.24) is 16.2 Å². The Morgan fingerprint density at radius 3 is 2.35 bits per heavy atom. The van der Waals surface area contributed by atoms with Crippen molar-refractivity contribution in [3.05, 3.63) is 35.9 Å². The summed E-state index contributed by atoms with van der Waals surface area (Å²) in [5.41, 5.74) is 5.50. The van der Waals surface area contributed by atoms with Gasteiger partial charge in [0.1, 0.15) is 0 Å². The van der Waals surface area contributed by atoms with Crippen LogP contribution in [0.2, 0.25) is 0 Å². The fourth-order valence-electron chi connectivity index (χ4n) is 2.21. The van der Waals surface area contributed by atoms with Crippen molar-refractivity contribution in [1.29, 1.82) is 0 Å². The molecule has 0 aliphatic heterocycles. The molecule has 1 saturated carbocycles. The summed E-state index contributed by atoms with van der Waals surface area (Å²) in [6.07, 6.45) is 3.99. The Kier molecular flexibility index (Phi) is 5.06. The summed E-state index contributed by atoms with van der Waals surface area (Å²) in [5.74, 6) is -0.336. The lowest BCUT2D eigenvalue weighted by Gasteiger charge is -2.13. The third-order valence-electron chi connectivity index (χ3n) is 3.29. The molecule has 3 N–H and O–H groups in total. The van der Waals surface area contributed by atoms with Crippen molar-refractivity contribution in [2.45, 2.75) is 25.7 Å². The maximum Gasteiger partial charge on any atom is 0.269 e. The van der Waals surface area contributed by atoms with Crippen LogP contribution in [0.15, 0.2) is 30.3 Å². The van der Waals surface area contributed by atoms with Crippen molar-refractivity contribution < 1.29 is 9.59 Å². The lowest BCUT2D eigenvalue weighted by Crippen LogP contribution is -2.49. The molecule has 1 aliphatic carbocycles. The molecule has 5 nitrogen and oxygen atoms in total. The number of hydrogen-bond acceptors (Lipinski definition) is 3. The summed E-state index contributed by atoms with van der Waals surface area (Å²) >= 11 is 4.98. The highest BCUT2D eigenvalue weighted by atomic mass is 32.1. The molecule has 0 spiro atoms. The molecule has 20 heavy (non-hydrogen) atoms. The van der Waals surface area contributed by atoms with E-state index in [0.29, 0.717) is 5.56 Å². The van der Waals surface area contributed by atoms with Gasteiger partial charge >= 0.3 is 0 Å². The molecule has 0 unspecified atom stereocenters. The zero-order valence-corrected chi connectivity index (χ0v) is 11.8. The highest BCUT2D eigenvalue weighted by Crippen LogP contribution is 2.24. The second-order valence-electron chi connectivity index (χ2n) is 4.74. The minimum Gasteiger partial charge on any atom is -0.302 e. The number of hydrazine groups is 1. The first kappa shape index (κ1) is 14.5. The number of hydrogen-bond donors (Lipinski definition) is 3. The lowest BCUT2D eigenvalue weighted by atomic mass is 10.1. The second-order valence-corrected chi connectivity index (χ2v) is 5.15. The Labute approximate surface area is 123 Å². The monoisotopic (exact) mass is 291 g/mol. The van der Waals surface area contributed by atoms with E-state index < -0.39 is 0 Å². The van der Waals surface area contributed by atoms with E-state index in [2.05, 4.69) is 16.2 Å². The average molecular weight is 291 g/mol. The molecule has 106 valence electrons. The molecule has 2 amide bonds. The van der Waals surface area contributed by atoms with Gasteiger partial charge in [-0.05, 0) is 37.2 Å². The largest absolute Gasteiger partial charge is 0.302 e. The molecule has 0 heterocycles. The Balaban J connectivity index is 1.75. The Morgan fingerprint density at radius 1 is 1.05 bits per heavy atom.